The molecule has 0 radical (unpaired) electrons. The van der Waals surface area contributed by atoms with Crippen LogP contribution >= 0.6 is 0 Å². The zero-order valence-electron chi connectivity index (χ0n) is 11.6. The molecule has 3 nitrogen and oxygen atoms in total. The van der Waals surface area contributed by atoms with Gasteiger partial charge in [0.25, 0.3) is 0 Å². The molecule has 0 aliphatic rings. The fraction of sp³-hybridized carbons (Fsp3) is 0.600. The fourth-order valence-electron chi connectivity index (χ4n) is 1.76. The minimum Gasteiger partial charge on any atom is -0.489 e. The zero-order chi connectivity index (χ0) is 13.4. The van der Waals surface area contributed by atoms with Crippen LogP contribution in [0.4, 0.5) is 0 Å². The molecule has 0 bridgehead atoms. The Morgan fingerprint density at radius 1 is 1.28 bits per heavy atom. The van der Waals surface area contributed by atoms with Crippen molar-refractivity contribution in [3.8, 4) is 5.75 Å². The van der Waals surface area contributed by atoms with Gasteiger partial charge in [0, 0.05) is 18.2 Å². The average Bonchev–Trinajstić information content (AvgIpc) is 2.34. The Bertz CT molecular complexity index is 375. The van der Waals surface area contributed by atoms with E-state index in [1.165, 1.54) is 12.8 Å². The van der Waals surface area contributed by atoms with Crippen molar-refractivity contribution in [2.75, 3.05) is 0 Å². The molecule has 18 heavy (non-hydrogen) atoms. The molecular formula is C15H23NO2. The van der Waals surface area contributed by atoms with Gasteiger partial charge in [0.2, 0.25) is 0 Å². The summed E-state index contributed by atoms with van der Waals surface area (Å²) in [6.07, 6.45) is 8.44. The van der Waals surface area contributed by atoms with E-state index in [9.17, 15) is 4.79 Å². The van der Waals surface area contributed by atoms with Gasteiger partial charge in [0.1, 0.15) is 5.75 Å². The van der Waals surface area contributed by atoms with Crippen LogP contribution in [0.25, 0.3) is 0 Å². The maximum atomic E-state index is 12.0. The summed E-state index contributed by atoms with van der Waals surface area (Å²) in [4.78, 5) is 16.0. The van der Waals surface area contributed by atoms with Crippen molar-refractivity contribution in [2.24, 2.45) is 0 Å². The van der Waals surface area contributed by atoms with Crippen molar-refractivity contribution in [2.45, 2.75) is 59.0 Å². The molecule has 0 fully saturated rings. The number of rotatable bonds is 8. The lowest BCUT2D eigenvalue weighted by atomic mass is 10.1. The van der Waals surface area contributed by atoms with E-state index >= 15 is 0 Å². The van der Waals surface area contributed by atoms with Crippen LogP contribution < -0.4 is 4.74 Å². The number of ether oxygens (including phenoxy) is 1. The van der Waals surface area contributed by atoms with Crippen LogP contribution in [0.15, 0.2) is 18.5 Å². The first-order valence-corrected chi connectivity index (χ1v) is 6.78. The summed E-state index contributed by atoms with van der Waals surface area (Å²) in [7, 11) is 0. The highest BCUT2D eigenvalue weighted by Crippen LogP contribution is 2.15. The number of hydrogen-bond donors (Lipinski definition) is 0. The number of hydrogen-bond acceptors (Lipinski definition) is 3. The number of aromatic nitrogens is 1. The maximum absolute atomic E-state index is 12.0. The van der Waals surface area contributed by atoms with Gasteiger partial charge in [0.05, 0.1) is 12.3 Å². The molecule has 0 spiro atoms. The third kappa shape index (κ3) is 5.30. The quantitative estimate of drug-likeness (QED) is 0.516. The van der Waals surface area contributed by atoms with Crippen molar-refractivity contribution in [1.82, 2.24) is 4.98 Å². The third-order valence-electron chi connectivity index (χ3n) is 2.66. The predicted molar refractivity (Wildman–Crippen MR) is 73.1 cm³/mol. The molecule has 0 saturated carbocycles. The smallest absolute Gasteiger partial charge is 0.164 e. The summed E-state index contributed by atoms with van der Waals surface area (Å²) in [5.74, 6) is 0.831. The van der Waals surface area contributed by atoms with E-state index in [2.05, 4.69) is 11.9 Å². The van der Waals surface area contributed by atoms with E-state index < -0.39 is 0 Å². The molecule has 0 aromatic carbocycles. The zero-order valence-corrected chi connectivity index (χ0v) is 11.6. The first kappa shape index (κ1) is 14.7. The Hall–Kier alpha value is -1.38. The Labute approximate surface area is 110 Å². The van der Waals surface area contributed by atoms with Gasteiger partial charge in [-0.1, -0.05) is 26.2 Å². The van der Waals surface area contributed by atoms with Gasteiger partial charge in [-0.25, -0.2) is 0 Å². The van der Waals surface area contributed by atoms with Crippen molar-refractivity contribution in [3.05, 3.63) is 24.0 Å². The van der Waals surface area contributed by atoms with Crippen molar-refractivity contribution in [1.29, 1.82) is 0 Å². The number of Topliss-reactive ketones (excluding diaryl/α,β-unsaturated/α-hetero) is 1. The Morgan fingerprint density at radius 2 is 2.06 bits per heavy atom. The lowest BCUT2D eigenvalue weighted by Gasteiger charge is -2.09. The lowest BCUT2D eigenvalue weighted by Crippen LogP contribution is -2.07. The number of pyridine rings is 1. The number of nitrogens with zero attached hydrogens (tertiary/aromatic N) is 1. The minimum absolute atomic E-state index is 0.0988. The molecule has 0 aliphatic heterocycles. The lowest BCUT2D eigenvalue weighted by molar-refractivity contribution is 0.0978. The van der Waals surface area contributed by atoms with E-state index in [0.29, 0.717) is 17.7 Å². The van der Waals surface area contributed by atoms with Crippen LogP contribution in [-0.2, 0) is 0 Å². The molecule has 1 aromatic rings. The van der Waals surface area contributed by atoms with Crippen LogP contribution in [-0.4, -0.2) is 16.9 Å². The second-order valence-corrected chi connectivity index (χ2v) is 4.81. The van der Waals surface area contributed by atoms with E-state index in [4.69, 9.17) is 4.74 Å². The molecule has 1 aromatic heterocycles. The van der Waals surface area contributed by atoms with Gasteiger partial charge in [-0.3, -0.25) is 9.78 Å². The first-order valence-electron chi connectivity index (χ1n) is 6.78. The molecular weight excluding hydrogens is 226 g/mol. The van der Waals surface area contributed by atoms with Gasteiger partial charge in [-0.2, -0.15) is 0 Å². The van der Waals surface area contributed by atoms with Gasteiger partial charge >= 0.3 is 0 Å². The van der Waals surface area contributed by atoms with E-state index in [1.807, 2.05) is 13.8 Å². The van der Waals surface area contributed by atoms with Crippen molar-refractivity contribution >= 4 is 5.78 Å². The summed E-state index contributed by atoms with van der Waals surface area (Å²) in [6.45, 7) is 6.08. The van der Waals surface area contributed by atoms with E-state index in [1.54, 1.807) is 18.5 Å². The van der Waals surface area contributed by atoms with E-state index in [-0.39, 0.29) is 11.9 Å². The molecule has 0 saturated heterocycles. The average molecular weight is 249 g/mol. The molecule has 0 unspecified atom stereocenters. The molecule has 0 aliphatic carbocycles. The number of ketones is 1. The highest BCUT2D eigenvalue weighted by molar-refractivity contribution is 5.96. The molecule has 1 heterocycles. The molecule has 1 rings (SSSR count). The topological polar surface area (TPSA) is 39.2 Å². The van der Waals surface area contributed by atoms with Crippen LogP contribution in [0.5, 0.6) is 5.75 Å². The summed E-state index contributed by atoms with van der Waals surface area (Å²) < 4.78 is 5.53. The molecule has 0 amide bonds. The SMILES string of the molecule is CCCCCCC(=O)c1cncc(OC(C)C)c1. The monoisotopic (exact) mass is 249 g/mol. The first-order chi connectivity index (χ1) is 8.63. The minimum atomic E-state index is 0.0988. The van der Waals surface area contributed by atoms with Crippen LogP contribution in [0.1, 0.15) is 63.2 Å². The van der Waals surface area contributed by atoms with Gasteiger partial charge < -0.3 is 4.74 Å². The Morgan fingerprint density at radius 3 is 2.72 bits per heavy atom. The second kappa shape index (κ2) is 7.85. The predicted octanol–water partition coefficient (Wildman–Crippen LogP) is 4.02. The van der Waals surface area contributed by atoms with Gasteiger partial charge in [-0.05, 0) is 26.3 Å². The van der Waals surface area contributed by atoms with Crippen molar-refractivity contribution < 1.29 is 9.53 Å². The fourth-order valence-corrected chi connectivity index (χ4v) is 1.76. The summed E-state index contributed by atoms with van der Waals surface area (Å²) >= 11 is 0. The highest BCUT2D eigenvalue weighted by Gasteiger charge is 2.08. The van der Waals surface area contributed by atoms with Gasteiger partial charge in [0.15, 0.2) is 5.78 Å². The summed E-state index contributed by atoms with van der Waals surface area (Å²) in [6, 6.07) is 1.79. The molecule has 3 heteroatoms. The maximum Gasteiger partial charge on any atom is 0.164 e. The number of unbranched alkanes of at least 4 members (excludes halogenated alkanes) is 3. The highest BCUT2D eigenvalue weighted by atomic mass is 16.5. The standard InChI is InChI=1S/C15H23NO2/c1-4-5-6-7-8-15(17)13-9-14(11-16-10-13)18-12(2)3/h9-12H,4-8H2,1-3H3. The van der Waals surface area contributed by atoms with E-state index in [0.717, 1.165) is 12.8 Å². The number of carbonyl (C=O) groups excluding carboxylic acids is 1. The third-order valence-corrected chi connectivity index (χ3v) is 2.66. The molecule has 0 atom stereocenters. The van der Waals surface area contributed by atoms with Crippen LogP contribution in [0, 0.1) is 0 Å². The Balaban J connectivity index is 2.51. The van der Waals surface area contributed by atoms with Crippen molar-refractivity contribution in [3.63, 3.8) is 0 Å². The Kier molecular flexibility index (Phi) is 6.40. The van der Waals surface area contributed by atoms with Gasteiger partial charge in [-0.15, -0.1) is 0 Å². The number of carbonyl (C=O) groups is 1. The summed E-state index contributed by atoms with van der Waals surface area (Å²) in [5, 5.41) is 0. The molecule has 0 N–H and O–H groups in total. The normalized spacial score (nSPS) is 10.7. The van der Waals surface area contributed by atoms with Crippen LogP contribution in [0.2, 0.25) is 0 Å². The second-order valence-electron chi connectivity index (χ2n) is 4.81. The van der Waals surface area contributed by atoms with Crippen LogP contribution in [0.3, 0.4) is 0 Å². The largest absolute Gasteiger partial charge is 0.489 e. The molecule has 100 valence electrons. The summed E-state index contributed by atoms with van der Waals surface area (Å²) in [5.41, 5.74) is 0.657.